The van der Waals surface area contributed by atoms with E-state index in [1.807, 2.05) is 32.2 Å². The zero-order valence-corrected chi connectivity index (χ0v) is 13.3. The van der Waals surface area contributed by atoms with E-state index in [1.165, 1.54) is 0 Å². The molecule has 6 heteroatoms. The van der Waals surface area contributed by atoms with Crippen molar-refractivity contribution in [2.24, 2.45) is 7.05 Å². The second-order valence-electron chi connectivity index (χ2n) is 6.14. The number of hydrogen-bond donors (Lipinski definition) is 1. The van der Waals surface area contributed by atoms with Crippen LogP contribution < -0.4 is 5.32 Å². The van der Waals surface area contributed by atoms with Crippen molar-refractivity contribution in [1.29, 1.82) is 0 Å². The molecule has 0 aliphatic carbocycles. The summed E-state index contributed by atoms with van der Waals surface area (Å²) in [7, 11) is 1.87. The van der Waals surface area contributed by atoms with Gasteiger partial charge in [-0.25, -0.2) is 9.67 Å². The van der Waals surface area contributed by atoms with E-state index in [1.54, 1.807) is 10.9 Å². The maximum Gasteiger partial charge on any atom is 0.156 e. The third-order valence-electron chi connectivity index (χ3n) is 3.81. The molecule has 1 N–H and O–H groups in total. The lowest BCUT2D eigenvalue weighted by atomic mass is 9.88. The molecule has 3 rings (SSSR count). The number of nitrogens with one attached hydrogen (secondary N) is 1. The summed E-state index contributed by atoms with van der Waals surface area (Å²) in [6, 6.07) is 8.02. The highest BCUT2D eigenvalue weighted by Crippen LogP contribution is 2.24. The Balaban J connectivity index is 1.84. The van der Waals surface area contributed by atoms with Crippen molar-refractivity contribution in [1.82, 2.24) is 25.0 Å². The Morgan fingerprint density at radius 1 is 1.23 bits per heavy atom. The molecule has 0 atom stereocenters. The molecule has 6 nitrogen and oxygen atoms in total. The fourth-order valence-corrected chi connectivity index (χ4v) is 2.41. The minimum absolute atomic E-state index is 0.113. The summed E-state index contributed by atoms with van der Waals surface area (Å²) < 4.78 is 1.75. The van der Waals surface area contributed by atoms with E-state index in [4.69, 9.17) is 0 Å². The van der Waals surface area contributed by atoms with Gasteiger partial charge in [0.2, 0.25) is 0 Å². The van der Waals surface area contributed by atoms with E-state index in [0.717, 1.165) is 28.2 Å². The predicted octanol–water partition coefficient (Wildman–Crippen LogP) is 2.46. The van der Waals surface area contributed by atoms with Gasteiger partial charge < -0.3 is 5.32 Å². The SMILES string of the molecule is Cc1cccc(C(C)(C)CNc2nccc3c2nnn3C)n1. The molecule has 3 aromatic heterocycles. The quantitative estimate of drug-likeness (QED) is 0.801. The van der Waals surface area contributed by atoms with Crippen LogP contribution in [-0.4, -0.2) is 31.5 Å². The topological polar surface area (TPSA) is 68.5 Å². The first-order valence-electron chi connectivity index (χ1n) is 7.30. The monoisotopic (exact) mass is 296 g/mol. The number of aromatic nitrogens is 5. The summed E-state index contributed by atoms with van der Waals surface area (Å²) in [5, 5.41) is 11.6. The van der Waals surface area contributed by atoms with Gasteiger partial charge in [0, 0.05) is 36.6 Å². The Hall–Kier alpha value is -2.50. The fraction of sp³-hybridized carbons (Fsp3) is 0.375. The zero-order valence-electron chi connectivity index (χ0n) is 13.3. The van der Waals surface area contributed by atoms with Crippen molar-refractivity contribution < 1.29 is 0 Å². The molecule has 0 aromatic carbocycles. The van der Waals surface area contributed by atoms with E-state index < -0.39 is 0 Å². The second-order valence-corrected chi connectivity index (χ2v) is 6.14. The third-order valence-corrected chi connectivity index (χ3v) is 3.81. The van der Waals surface area contributed by atoms with E-state index in [0.29, 0.717) is 6.54 Å². The van der Waals surface area contributed by atoms with Crippen molar-refractivity contribution in [2.45, 2.75) is 26.2 Å². The second kappa shape index (κ2) is 5.36. The van der Waals surface area contributed by atoms with Crippen LogP contribution in [0, 0.1) is 6.92 Å². The summed E-state index contributed by atoms with van der Waals surface area (Å²) in [5.74, 6) is 0.756. The minimum atomic E-state index is -0.113. The lowest BCUT2D eigenvalue weighted by Crippen LogP contribution is -2.29. The van der Waals surface area contributed by atoms with Gasteiger partial charge in [0.1, 0.15) is 0 Å². The molecular formula is C16H20N6. The van der Waals surface area contributed by atoms with Crippen LogP contribution in [0.1, 0.15) is 25.2 Å². The molecule has 0 aliphatic rings. The van der Waals surface area contributed by atoms with Crippen LogP contribution in [0.3, 0.4) is 0 Å². The van der Waals surface area contributed by atoms with Gasteiger partial charge in [-0.2, -0.15) is 0 Å². The summed E-state index contributed by atoms with van der Waals surface area (Å²) in [4.78, 5) is 9.02. The lowest BCUT2D eigenvalue weighted by Gasteiger charge is -2.25. The van der Waals surface area contributed by atoms with Crippen molar-refractivity contribution in [2.75, 3.05) is 11.9 Å². The van der Waals surface area contributed by atoms with E-state index in [2.05, 4.69) is 45.5 Å². The first-order valence-corrected chi connectivity index (χ1v) is 7.30. The third kappa shape index (κ3) is 2.64. The van der Waals surface area contributed by atoms with Crippen LogP contribution in [0.2, 0.25) is 0 Å². The molecule has 0 radical (unpaired) electrons. The van der Waals surface area contributed by atoms with Gasteiger partial charge in [-0.05, 0) is 25.1 Å². The van der Waals surface area contributed by atoms with Crippen LogP contribution in [0.25, 0.3) is 11.0 Å². The highest BCUT2D eigenvalue weighted by molar-refractivity contribution is 5.84. The molecule has 0 saturated carbocycles. The Morgan fingerprint density at radius 2 is 2.05 bits per heavy atom. The molecule has 114 valence electrons. The highest BCUT2D eigenvalue weighted by Gasteiger charge is 2.23. The Bertz CT molecular complexity index is 805. The first kappa shape index (κ1) is 14.4. The van der Waals surface area contributed by atoms with Gasteiger partial charge in [-0.1, -0.05) is 25.1 Å². The Morgan fingerprint density at radius 3 is 2.82 bits per heavy atom. The molecular weight excluding hydrogens is 276 g/mol. The van der Waals surface area contributed by atoms with Gasteiger partial charge >= 0.3 is 0 Å². The van der Waals surface area contributed by atoms with E-state index >= 15 is 0 Å². The number of anilines is 1. The molecule has 3 aromatic rings. The summed E-state index contributed by atoms with van der Waals surface area (Å²) in [6.07, 6.45) is 1.77. The van der Waals surface area contributed by atoms with E-state index in [-0.39, 0.29) is 5.41 Å². The number of rotatable bonds is 4. The fourth-order valence-electron chi connectivity index (χ4n) is 2.41. The normalized spacial score (nSPS) is 11.8. The average Bonchev–Trinajstić information content (AvgIpc) is 2.87. The molecule has 22 heavy (non-hydrogen) atoms. The van der Waals surface area contributed by atoms with Crippen molar-refractivity contribution in [3.8, 4) is 0 Å². The summed E-state index contributed by atoms with van der Waals surface area (Å²) >= 11 is 0. The minimum Gasteiger partial charge on any atom is -0.367 e. The summed E-state index contributed by atoms with van der Waals surface area (Å²) in [6.45, 7) is 7.05. The lowest BCUT2D eigenvalue weighted by molar-refractivity contribution is 0.536. The molecule has 3 heterocycles. The maximum absolute atomic E-state index is 4.63. The summed E-state index contributed by atoms with van der Waals surface area (Å²) in [5.41, 5.74) is 3.73. The van der Waals surface area contributed by atoms with Crippen LogP contribution in [0.5, 0.6) is 0 Å². The molecule has 0 aliphatic heterocycles. The number of aryl methyl sites for hydroxylation is 2. The average molecular weight is 296 g/mol. The number of fused-ring (bicyclic) bond motifs is 1. The van der Waals surface area contributed by atoms with Crippen molar-refractivity contribution in [3.63, 3.8) is 0 Å². The molecule has 0 spiro atoms. The van der Waals surface area contributed by atoms with Gasteiger partial charge in [0.25, 0.3) is 0 Å². The van der Waals surface area contributed by atoms with Crippen LogP contribution in [0.15, 0.2) is 30.5 Å². The Kier molecular flexibility index (Phi) is 3.52. The number of nitrogens with zero attached hydrogens (tertiary/aromatic N) is 5. The molecule has 0 fully saturated rings. The molecule has 0 saturated heterocycles. The zero-order chi connectivity index (χ0) is 15.7. The van der Waals surface area contributed by atoms with Crippen LogP contribution in [-0.2, 0) is 12.5 Å². The number of pyridine rings is 2. The predicted molar refractivity (Wildman–Crippen MR) is 86.8 cm³/mol. The molecule has 0 bridgehead atoms. The standard InChI is InChI=1S/C16H20N6/c1-11-6-5-7-13(19-11)16(2,3)10-18-15-14-12(8-9-17-15)22(4)21-20-14/h5-9H,10H2,1-4H3,(H,17,18). The van der Waals surface area contributed by atoms with Crippen molar-refractivity contribution >= 4 is 16.9 Å². The maximum atomic E-state index is 4.63. The smallest absolute Gasteiger partial charge is 0.156 e. The van der Waals surface area contributed by atoms with Crippen LogP contribution in [0.4, 0.5) is 5.82 Å². The van der Waals surface area contributed by atoms with E-state index in [9.17, 15) is 0 Å². The Labute approximate surface area is 129 Å². The largest absolute Gasteiger partial charge is 0.367 e. The van der Waals surface area contributed by atoms with Gasteiger partial charge in [0.15, 0.2) is 11.3 Å². The highest BCUT2D eigenvalue weighted by atomic mass is 15.4. The van der Waals surface area contributed by atoms with Crippen molar-refractivity contribution in [3.05, 3.63) is 41.9 Å². The van der Waals surface area contributed by atoms with Gasteiger partial charge in [-0.15, -0.1) is 5.10 Å². The van der Waals surface area contributed by atoms with Gasteiger partial charge in [-0.3, -0.25) is 4.98 Å². The molecule has 0 unspecified atom stereocenters. The van der Waals surface area contributed by atoms with Gasteiger partial charge in [0.05, 0.1) is 5.52 Å². The van der Waals surface area contributed by atoms with Crippen LogP contribution >= 0.6 is 0 Å². The first-order chi connectivity index (χ1) is 10.5. The number of hydrogen-bond acceptors (Lipinski definition) is 5. The molecule has 0 amide bonds.